The fraction of sp³-hybridized carbons (Fsp3) is 0.0870. The van der Waals surface area contributed by atoms with Gasteiger partial charge in [-0.3, -0.25) is 4.79 Å². The molecule has 0 unspecified atom stereocenters. The number of nitrogens with one attached hydrogen (secondary N) is 2. The molecule has 4 heteroatoms. The number of hydrogen-bond acceptors (Lipinski definition) is 3. The number of benzene rings is 3. The van der Waals surface area contributed by atoms with E-state index in [0.717, 1.165) is 23.4 Å². The number of nitrogens with two attached hydrogens (primary N) is 1. The summed E-state index contributed by atoms with van der Waals surface area (Å²) in [7, 11) is 0. The normalized spacial score (nSPS) is 10.2. The van der Waals surface area contributed by atoms with E-state index in [-0.39, 0.29) is 5.91 Å². The molecule has 0 radical (unpaired) electrons. The zero-order valence-electron chi connectivity index (χ0n) is 15.1. The summed E-state index contributed by atoms with van der Waals surface area (Å²) < 4.78 is 0. The summed E-state index contributed by atoms with van der Waals surface area (Å²) in [5.74, 6) is -0.0802. The molecular weight excluding hydrogens is 334 g/mol. The van der Waals surface area contributed by atoms with E-state index in [4.69, 9.17) is 5.73 Å². The molecule has 0 aliphatic heterocycles. The fourth-order valence-electron chi connectivity index (χ4n) is 2.74. The lowest BCUT2D eigenvalue weighted by molar-refractivity contribution is 0.0954. The second-order valence-corrected chi connectivity index (χ2v) is 6.26. The zero-order valence-corrected chi connectivity index (χ0v) is 15.1. The lowest BCUT2D eigenvalue weighted by Crippen LogP contribution is -2.25. The van der Waals surface area contributed by atoms with Crippen molar-refractivity contribution in [1.29, 1.82) is 0 Å². The molecule has 0 bridgehead atoms. The fourth-order valence-corrected chi connectivity index (χ4v) is 2.74. The molecule has 0 atom stereocenters. The Morgan fingerprint density at radius 1 is 0.852 bits per heavy atom. The van der Waals surface area contributed by atoms with Crippen LogP contribution in [0.2, 0.25) is 0 Å². The standard InChI is InChI=1S/C23H23N3O/c1-17(26-22-10-6-5-9-21(22)24)19-11-13-20(14-12-19)23(27)25-16-15-18-7-3-2-4-8-18/h2-14,26H,1,15-16,24H2,(H,25,27). The third-order valence-electron chi connectivity index (χ3n) is 4.28. The van der Waals surface area contributed by atoms with Crippen molar-refractivity contribution in [3.63, 3.8) is 0 Å². The number of nitrogen functional groups attached to an aromatic ring is 1. The number of carbonyl (C=O) groups is 1. The van der Waals surface area contributed by atoms with Crippen LogP contribution in [0, 0.1) is 0 Å². The van der Waals surface area contributed by atoms with Gasteiger partial charge in [-0.25, -0.2) is 0 Å². The first kappa shape index (κ1) is 18.3. The van der Waals surface area contributed by atoms with Crippen LogP contribution in [0.4, 0.5) is 11.4 Å². The SMILES string of the molecule is C=C(Nc1ccccc1N)c1ccc(C(=O)NCCc2ccccc2)cc1. The first-order valence-electron chi connectivity index (χ1n) is 8.86. The Bertz CT molecular complexity index is 918. The van der Waals surface area contributed by atoms with Gasteiger partial charge in [0.05, 0.1) is 11.4 Å². The summed E-state index contributed by atoms with van der Waals surface area (Å²) in [5, 5.41) is 6.16. The minimum Gasteiger partial charge on any atom is -0.397 e. The topological polar surface area (TPSA) is 67.1 Å². The third kappa shape index (κ3) is 4.98. The molecule has 4 N–H and O–H groups in total. The van der Waals surface area contributed by atoms with E-state index >= 15 is 0 Å². The highest BCUT2D eigenvalue weighted by atomic mass is 16.1. The minimum atomic E-state index is -0.0802. The Kier molecular flexibility index (Phi) is 5.90. The van der Waals surface area contributed by atoms with Crippen molar-refractivity contribution in [3.05, 3.63) is 102 Å². The summed E-state index contributed by atoms with van der Waals surface area (Å²) >= 11 is 0. The molecule has 3 aromatic rings. The van der Waals surface area contributed by atoms with Gasteiger partial charge in [0.2, 0.25) is 0 Å². The van der Waals surface area contributed by atoms with E-state index in [9.17, 15) is 4.79 Å². The number of anilines is 2. The molecule has 4 nitrogen and oxygen atoms in total. The van der Waals surface area contributed by atoms with E-state index in [1.54, 1.807) is 12.1 Å². The van der Waals surface area contributed by atoms with Crippen LogP contribution in [0.1, 0.15) is 21.5 Å². The molecule has 0 heterocycles. The Morgan fingerprint density at radius 3 is 2.19 bits per heavy atom. The summed E-state index contributed by atoms with van der Waals surface area (Å²) in [5.41, 5.74) is 10.9. The van der Waals surface area contributed by atoms with Gasteiger partial charge in [-0.1, -0.05) is 61.2 Å². The lowest BCUT2D eigenvalue weighted by atomic mass is 10.1. The predicted molar refractivity (Wildman–Crippen MR) is 112 cm³/mol. The molecule has 27 heavy (non-hydrogen) atoms. The quantitative estimate of drug-likeness (QED) is 0.552. The van der Waals surface area contributed by atoms with Crippen LogP contribution in [0.15, 0.2) is 85.4 Å². The highest BCUT2D eigenvalue weighted by Gasteiger charge is 2.07. The van der Waals surface area contributed by atoms with E-state index in [2.05, 4.69) is 29.3 Å². The molecule has 0 aliphatic rings. The highest BCUT2D eigenvalue weighted by molar-refractivity contribution is 5.94. The summed E-state index contributed by atoms with van der Waals surface area (Å²) in [6, 6.07) is 25.0. The van der Waals surface area contributed by atoms with Gasteiger partial charge in [0.1, 0.15) is 0 Å². The average Bonchev–Trinajstić information content (AvgIpc) is 2.70. The van der Waals surface area contributed by atoms with Gasteiger partial charge in [0.25, 0.3) is 5.91 Å². The maximum atomic E-state index is 12.3. The van der Waals surface area contributed by atoms with Crippen molar-refractivity contribution in [3.8, 4) is 0 Å². The number of carbonyl (C=O) groups excluding carboxylic acids is 1. The van der Waals surface area contributed by atoms with Crippen molar-refractivity contribution in [1.82, 2.24) is 5.32 Å². The van der Waals surface area contributed by atoms with Gasteiger partial charge in [0.15, 0.2) is 0 Å². The van der Waals surface area contributed by atoms with Gasteiger partial charge < -0.3 is 16.4 Å². The number of rotatable bonds is 7. The molecule has 0 fully saturated rings. The molecule has 0 saturated heterocycles. The second-order valence-electron chi connectivity index (χ2n) is 6.26. The van der Waals surface area contributed by atoms with E-state index in [0.29, 0.717) is 17.8 Å². The first-order valence-corrected chi connectivity index (χ1v) is 8.86. The number of hydrogen-bond donors (Lipinski definition) is 3. The number of amides is 1. The summed E-state index contributed by atoms with van der Waals surface area (Å²) in [6.07, 6.45) is 0.809. The average molecular weight is 357 g/mol. The first-order chi connectivity index (χ1) is 13.1. The van der Waals surface area contributed by atoms with Gasteiger partial charge in [-0.2, -0.15) is 0 Å². The van der Waals surface area contributed by atoms with Crippen LogP contribution in [0.5, 0.6) is 0 Å². The summed E-state index contributed by atoms with van der Waals surface area (Å²) in [6.45, 7) is 4.66. The van der Waals surface area contributed by atoms with Crippen LogP contribution >= 0.6 is 0 Å². The Hall–Kier alpha value is -3.53. The van der Waals surface area contributed by atoms with E-state index in [1.807, 2.05) is 54.6 Å². The molecule has 0 saturated carbocycles. The Balaban J connectivity index is 1.55. The minimum absolute atomic E-state index is 0.0802. The van der Waals surface area contributed by atoms with Gasteiger partial charge in [-0.15, -0.1) is 0 Å². The molecule has 3 rings (SSSR count). The van der Waals surface area contributed by atoms with Crippen molar-refractivity contribution in [2.75, 3.05) is 17.6 Å². The highest BCUT2D eigenvalue weighted by Crippen LogP contribution is 2.22. The Morgan fingerprint density at radius 2 is 1.48 bits per heavy atom. The molecule has 3 aromatic carbocycles. The lowest BCUT2D eigenvalue weighted by Gasteiger charge is -2.12. The monoisotopic (exact) mass is 357 g/mol. The second kappa shape index (κ2) is 8.72. The van der Waals surface area contributed by atoms with Crippen molar-refractivity contribution in [2.45, 2.75) is 6.42 Å². The van der Waals surface area contributed by atoms with Crippen LogP contribution in [0.3, 0.4) is 0 Å². The molecule has 136 valence electrons. The molecular formula is C23H23N3O. The van der Waals surface area contributed by atoms with Crippen molar-refractivity contribution in [2.24, 2.45) is 0 Å². The maximum absolute atomic E-state index is 12.3. The van der Waals surface area contributed by atoms with Crippen LogP contribution in [0.25, 0.3) is 5.70 Å². The molecule has 0 aliphatic carbocycles. The summed E-state index contributed by atoms with van der Waals surface area (Å²) in [4.78, 5) is 12.3. The number of para-hydroxylation sites is 2. The van der Waals surface area contributed by atoms with E-state index < -0.39 is 0 Å². The largest absolute Gasteiger partial charge is 0.397 e. The van der Waals surface area contributed by atoms with E-state index in [1.165, 1.54) is 5.56 Å². The zero-order chi connectivity index (χ0) is 19.1. The van der Waals surface area contributed by atoms with Crippen LogP contribution in [-0.2, 0) is 6.42 Å². The van der Waals surface area contributed by atoms with Gasteiger partial charge in [-0.05, 0) is 41.8 Å². The van der Waals surface area contributed by atoms with Crippen LogP contribution < -0.4 is 16.4 Å². The van der Waals surface area contributed by atoms with Gasteiger partial charge >= 0.3 is 0 Å². The third-order valence-corrected chi connectivity index (χ3v) is 4.28. The smallest absolute Gasteiger partial charge is 0.251 e. The molecule has 0 aromatic heterocycles. The molecule has 0 spiro atoms. The molecule has 1 amide bonds. The van der Waals surface area contributed by atoms with Crippen molar-refractivity contribution < 1.29 is 4.79 Å². The predicted octanol–water partition coefficient (Wildman–Crippen LogP) is 4.32. The van der Waals surface area contributed by atoms with Gasteiger partial charge in [0, 0.05) is 17.8 Å². The Labute approximate surface area is 159 Å². The maximum Gasteiger partial charge on any atom is 0.251 e. The van der Waals surface area contributed by atoms with Crippen LogP contribution in [-0.4, -0.2) is 12.5 Å². The van der Waals surface area contributed by atoms with Crippen molar-refractivity contribution >= 4 is 23.0 Å².